The maximum atomic E-state index is 12.6. The Bertz CT molecular complexity index is 1390. The third-order valence-corrected chi connectivity index (χ3v) is 5.47. The van der Waals surface area contributed by atoms with E-state index in [1.54, 1.807) is 24.5 Å². The summed E-state index contributed by atoms with van der Waals surface area (Å²) in [7, 11) is 0. The number of anilines is 1. The van der Waals surface area contributed by atoms with E-state index in [1.165, 1.54) is 0 Å². The number of aromatic amines is 1. The van der Waals surface area contributed by atoms with Gasteiger partial charge in [0.05, 0.1) is 11.7 Å². The van der Waals surface area contributed by atoms with Gasteiger partial charge >= 0.3 is 0 Å². The van der Waals surface area contributed by atoms with Gasteiger partial charge in [-0.15, -0.1) is 0 Å². The monoisotopic (exact) mass is 443 g/mol. The second-order valence-corrected chi connectivity index (χ2v) is 7.89. The number of nitrogens with one attached hydrogen (secondary N) is 2. The van der Waals surface area contributed by atoms with Gasteiger partial charge in [-0.05, 0) is 62.0 Å². The van der Waals surface area contributed by atoms with Crippen LogP contribution in [0.25, 0.3) is 16.5 Å². The van der Waals surface area contributed by atoms with Gasteiger partial charge in [-0.25, -0.2) is 9.97 Å². The number of halogens is 1. The molecular formula is C25H22ClN5O. The van der Waals surface area contributed by atoms with E-state index >= 15 is 0 Å². The first kappa shape index (κ1) is 21.5. The molecule has 0 amide bonds. The Kier molecular flexibility index (Phi) is 6.14. The molecule has 6 nitrogen and oxygen atoms in total. The molecule has 0 unspecified atom stereocenters. The molecule has 160 valence electrons. The summed E-state index contributed by atoms with van der Waals surface area (Å²) >= 11 is 6.11. The molecule has 2 aromatic carbocycles. The maximum Gasteiger partial charge on any atom is 0.253 e. The van der Waals surface area contributed by atoms with Gasteiger partial charge < -0.3 is 10.3 Å². The van der Waals surface area contributed by atoms with Crippen LogP contribution in [0.15, 0.2) is 76.8 Å². The van der Waals surface area contributed by atoms with Gasteiger partial charge in [0.25, 0.3) is 5.56 Å². The number of aryl methyl sites for hydroxylation is 1. The van der Waals surface area contributed by atoms with Crippen molar-refractivity contribution >= 4 is 40.7 Å². The first-order valence-corrected chi connectivity index (χ1v) is 10.5. The number of aromatic nitrogens is 3. The van der Waals surface area contributed by atoms with Crippen LogP contribution >= 0.6 is 11.6 Å². The van der Waals surface area contributed by atoms with Crippen LogP contribution in [-0.2, 0) is 0 Å². The number of benzene rings is 2. The van der Waals surface area contributed by atoms with E-state index in [0.717, 1.165) is 27.6 Å². The number of rotatable bonds is 6. The number of H-pyrrole nitrogens is 1. The second kappa shape index (κ2) is 9.16. The molecule has 0 spiro atoms. The average molecular weight is 444 g/mol. The number of pyridine rings is 1. The summed E-state index contributed by atoms with van der Waals surface area (Å²) in [6.45, 7) is 7.52. The van der Waals surface area contributed by atoms with Crippen molar-refractivity contribution in [2.45, 2.75) is 19.9 Å². The Morgan fingerprint density at radius 3 is 2.81 bits per heavy atom. The summed E-state index contributed by atoms with van der Waals surface area (Å²) in [6, 6.07) is 16.7. The average Bonchev–Trinajstić information content (AvgIpc) is 2.78. The minimum absolute atomic E-state index is 0.174. The molecule has 0 fully saturated rings. The fourth-order valence-electron chi connectivity index (χ4n) is 3.61. The van der Waals surface area contributed by atoms with Gasteiger partial charge in [0.1, 0.15) is 0 Å². The molecule has 0 radical (unpaired) electrons. The molecule has 0 bridgehead atoms. The van der Waals surface area contributed by atoms with Crippen molar-refractivity contribution < 1.29 is 0 Å². The Morgan fingerprint density at radius 1 is 1.22 bits per heavy atom. The Hall–Kier alpha value is -3.77. The van der Waals surface area contributed by atoms with E-state index in [9.17, 15) is 4.79 Å². The van der Waals surface area contributed by atoms with Gasteiger partial charge in [-0.2, -0.15) is 0 Å². The molecule has 2 heterocycles. The third kappa shape index (κ3) is 4.45. The van der Waals surface area contributed by atoms with Gasteiger partial charge in [-0.3, -0.25) is 9.79 Å². The molecule has 0 saturated heterocycles. The summed E-state index contributed by atoms with van der Waals surface area (Å²) in [6.07, 6.45) is 3.37. The van der Waals surface area contributed by atoms with Crippen molar-refractivity contribution in [1.82, 2.24) is 15.0 Å². The fraction of sp³-hybridized carbons (Fsp3) is 0.120. The highest BCUT2D eigenvalue weighted by Crippen LogP contribution is 2.26. The van der Waals surface area contributed by atoms with Crippen LogP contribution in [0.4, 0.5) is 5.95 Å². The van der Waals surface area contributed by atoms with Crippen LogP contribution in [0.2, 0.25) is 5.02 Å². The predicted molar refractivity (Wildman–Crippen MR) is 131 cm³/mol. The molecule has 2 aromatic heterocycles. The van der Waals surface area contributed by atoms with Crippen molar-refractivity contribution in [3.63, 3.8) is 0 Å². The molecular weight excluding hydrogens is 422 g/mol. The van der Waals surface area contributed by atoms with Crippen LogP contribution in [0, 0.1) is 6.92 Å². The van der Waals surface area contributed by atoms with E-state index in [-0.39, 0.29) is 11.6 Å². The highest BCUT2D eigenvalue weighted by atomic mass is 35.5. The zero-order valence-corrected chi connectivity index (χ0v) is 18.5. The minimum Gasteiger partial charge on any atom is -0.347 e. The van der Waals surface area contributed by atoms with Crippen LogP contribution in [-0.4, -0.2) is 21.7 Å². The van der Waals surface area contributed by atoms with Crippen molar-refractivity contribution in [3.8, 4) is 0 Å². The van der Waals surface area contributed by atoms with Crippen LogP contribution in [0.5, 0.6) is 0 Å². The summed E-state index contributed by atoms with van der Waals surface area (Å²) in [5, 5.41) is 4.70. The number of hydrogen-bond donors (Lipinski definition) is 2. The van der Waals surface area contributed by atoms with E-state index in [0.29, 0.717) is 22.2 Å². The molecule has 7 heteroatoms. The SMILES string of the molecule is C=N/C=C(/c1ccnc(N[C@@H](C)c2cc3cc(Cl)ccc3[nH]c2=O)n1)c1ccccc1C. The molecule has 0 aliphatic carbocycles. The quantitative estimate of drug-likeness (QED) is 0.383. The largest absolute Gasteiger partial charge is 0.347 e. The molecule has 4 rings (SSSR count). The highest BCUT2D eigenvalue weighted by molar-refractivity contribution is 6.31. The van der Waals surface area contributed by atoms with Crippen molar-refractivity contribution in [2.24, 2.45) is 4.99 Å². The number of fused-ring (bicyclic) bond motifs is 1. The van der Waals surface area contributed by atoms with E-state index < -0.39 is 0 Å². The summed E-state index contributed by atoms with van der Waals surface area (Å²) in [5.74, 6) is 0.407. The number of nitrogens with zero attached hydrogens (tertiary/aromatic N) is 3. The van der Waals surface area contributed by atoms with Crippen molar-refractivity contribution in [2.75, 3.05) is 5.32 Å². The van der Waals surface area contributed by atoms with Gasteiger partial charge in [-0.1, -0.05) is 35.9 Å². The van der Waals surface area contributed by atoms with Crippen molar-refractivity contribution in [3.05, 3.63) is 105 Å². The second-order valence-electron chi connectivity index (χ2n) is 7.46. The zero-order valence-electron chi connectivity index (χ0n) is 17.8. The normalized spacial score (nSPS) is 12.5. The van der Waals surface area contributed by atoms with Gasteiger partial charge in [0, 0.05) is 39.5 Å². The first-order chi connectivity index (χ1) is 15.5. The lowest BCUT2D eigenvalue weighted by atomic mass is 9.99. The molecule has 0 saturated carbocycles. The van der Waals surface area contributed by atoms with Crippen LogP contribution < -0.4 is 10.9 Å². The van der Waals surface area contributed by atoms with Crippen LogP contribution in [0.1, 0.15) is 35.3 Å². The minimum atomic E-state index is -0.333. The lowest BCUT2D eigenvalue weighted by molar-refractivity contribution is 0.844. The molecule has 32 heavy (non-hydrogen) atoms. The molecule has 4 aromatic rings. The summed E-state index contributed by atoms with van der Waals surface area (Å²) in [5.41, 5.74) is 4.79. The third-order valence-electron chi connectivity index (χ3n) is 5.23. The van der Waals surface area contributed by atoms with Gasteiger partial charge in [0.2, 0.25) is 5.95 Å². The highest BCUT2D eigenvalue weighted by Gasteiger charge is 2.15. The zero-order chi connectivity index (χ0) is 22.7. The molecule has 1 atom stereocenters. The summed E-state index contributed by atoms with van der Waals surface area (Å²) < 4.78 is 0. The number of aliphatic imine (C=N–C) groups is 1. The lowest BCUT2D eigenvalue weighted by Crippen LogP contribution is -2.20. The van der Waals surface area contributed by atoms with Crippen molar-refractivity contribution in [1.29, 1.82) is 0 Å². The predicted octanol–water partition coefficient (Wildman–Crippen LogP) is 5.54. The summed E-state index contributed by atoms with van der Waals surface area (Å²) in [4.78, 5) is 28.5. The fourth-order valence-corrected chi connectivity index (χ4v) is 3.79. The Balaban J connectivity index is 1.67. The number of hydrogen-bond acceptors (Lipinski definition) is 5. The van der Waals surface area contributed by atoms with Gasteiger partial charge in [0.15, 0.2) is 0 Å². The Morgan fingerprint density at radius 2 is 2.03 bits per heavy atom. The Labute approximate surface area is 190 Å². The molecule has 0 aliphatic heterocycles. The lowest BCUT2D eigenvalue weighted by Gasteiger charge is -2.15. The van der Waals surface area contributed by atoms with E-state index in [2.05, 4.69) is 32.0 Å². The molecule has 2 N–H and O–H groups in total. The maximum absolute atomic E-state index is 12.6. The van der Waals surface area contributed by atoms with E-state index in [1.807, 2.05) is 56.3 Å². The topological polar surface area (TPSA) is 83.0 Å². The smallest absolute Gasteiger partial charge is 0.253 e. The van der Waals surface area contributed by atoms with E-state index in [4.69, 9.17) is 11.6 Å². The first-order valence-electron chi connectivity index (χ1n) is 10.1. The molecule has 0 aliphatic rings. The van der Waals surface area contributed by atoms with Crippen LogP contribution in [0.3, 0.4) is 0 Å². The standard InChI is InChI=1S/C25H22ClN5O/c1-15-6-4-5-7-19(15)21(14-27-3)23-10-11-28-25(31-23)29-16(2)20-13-17-12-18(26)8-9-22(17)30-24(20)32/h4-14,16H,3H2,1-2H3,(H,30,32)(H,28,29,31)/b21-14+/t16-/m0/s1.